The van der Waals surface area contributed by atoms with Crippen LogP contribution in [-0.2, 0) is 0 Å². The number of carbonyl (C=O) groups excluding carboxylic acids is 1. The molecule has 0 saturated heterocycles. The van der Waals surface area contributed by atoms with Crippen LogP contribution in [0.2, 0.25) is 0 Å². The lowest BCUT2D eigenvalue weighted by atomic mass is 9.92. The second-order valence-electron chi connectivity index (χ2n) is 4.37. The Kier molecular flexibility index (Phi) is 7.49. The minimum absolute atomic E-state index is 0. The molecule has 0 aliphatic rings. The van der Waals surface area contributed by atoms with Crippen molar-refractivity contribution in [1.82, 2.24) is 5.32 Å². The number of carbonyl (C=O) groups is 1. The average Bonchev–Trinajstić information content (AvgIpc) is 2.45. The number of hydrogen-bond donors (Lipinski definition) is 2. The van der Waals surface area contributed by atoms with Crippen LogP contribution in [0, 0.1) is 0 Å². The van der Waals surface area contributed by atoms with Crippen LogP contribution >= 0.6 is 12.4 Å². The highest BCUT2D eigenvalue weighted by Gasteiger charge is 2.26. The average molecular weight is 287 g/mol. The van der Waals surface area contributed by atoms with Crippen LogP contribution in [0.4, 0.5) is 0 Å². The molecule has 0 aromatic heterocycles. The van der Waals surface area contributed by atoms with Gasteiger partial charge in [-0.1, -0.05) is 13.8 Å². The quantitative estimate of drug-likeness (QED) is 0.844. The minimum atomic E-state index is -0.309. The number of amides is 1. The molecule has 0 atom stereocenters. The van der Waals surface area contributed by atoms with Crippen molar-refractivity contribution in [2.45, 2.75) is 32.2 Å². The van der Waals surface area contributed by atoms with E-state index in [1.54, 1.807) is 31.4 Å². The smallest absolute Gasteiger partial charge is 0.251 e. The Morgan fingerprint density at radius 2 is 1.79 bits per heavy atom. The number of nitrogens with two attached hydrogens (primary N) is 1. The first-order valence-electron chi connectivity index (χ1n) is 6.27. The molecule has 0 unspecified atom stereocenters. The number of rotatable bonds is 6. The van der Waals surface area contributed by atoms with E-state index in [0.29, 0.717) is 12.1 Å². The first kappa shape index (κ1) is 17.7. The minimum Gasteiger partial charge on any atom is -0.497 e. The molecule has 1 rings (SSSR count). The summed E-state index contributed by atoms with van der Waals surface area (Å²) in [6.45, 7) is 4.51. The highest BCUT2D eigenvalue weighted by Crippen LogP contribution is 2.16. The number of halogens is 1. The fourth-order valence-corrected chi connectivity index (χ4v) is 1.82. The predicted molar refractivity (Wildman–Crippen MR) is 80.1 cm³/mol. The van der Waals surface area contributed by atoms with Crippen LogP contribution in [0.15, 0.2) is 24.3 Å². The van der Waals surface area contributed by atoms with Crippen LogP contribution in [-0.4, -0.2) is 25.1 Å². The van der Waals surface area contributed by atoms with Crippen LogP contribution in [0.3, 0.4) is 0 Å². The number of benzene rings is 1. The Bertz CT molecular complexity index is 381. The first-order chi connectivity index (χ1) is 8.60. The van der Waals surface area contributed by atoms with Crippen molar-refractivity contribution in [2.75, 3.05) is 13.7 Å². The van der Waals surface area contributed by atoms with Gasteiger partial charge in [-0.3, -0.25) is 4.79 Å². The molecule has 5 heteroatoms. The molecular weight excluding hydrogens is 264 g/mol. The Hall–Kier alpha value is -1.26. The lowest BCUT2D eigenvalue weighted by molar-refractivity contribution is 0.0895. The molecule has 1 aromatic carbocycles. The van der Waals surface area contributed by atoms with E-state index in [4.69, 9.17) is 10.5 Å². The summed E-state index contributed by atoms with van der Waals surface area (Å²) in [5.74, 6) is 0.648. The molecule has 19 heavy (non-hydrogen) atoms. The normalized spacial score (nSPS) is 10.5. The molecule has 3 N–H and O–H groups in total. The summed E-state index contributed by atoms with van der Waals surface area (Å²) in [7, 11) is 1.60. The molecule has 0 aliphatic heterocycles. The van der Waals surface area contributed by atoms with Gasteiger partial charge in [-0.05, 0) is 37.1 Å². The van der Waals surface area contributed by atoms with Gasteiger partial charge in [-0.2, -0.15) is 0 Å². The van der Waals surface area contributed by atoms with Crippen molar-refractivity contribution < 1.29 is 9.53 Å². The highest BCUT2D eigenvalue weighted by molar-refractivity contribution is 5.94. The van der Waals surface area contributed by atoms with Gasteiger partial charge in [0, 0.05) is 12.1 Å². The van der Waals surface area contributed by atoms with Crippen molar-refractivity contribution >= 4 is 18.3 Å². The topological polar surface area (TPSA) is 64.3 Å². The van der Waals surface area contributed by atoms with E-state index in [1.165, 1.54) is 0 Å². The summed E-state index contributed by atoms with van der Waals surface area (Å²) >= 11 is 0. The molecule has 0 heterocycles. The molecule has 1 amide bonds. The number of ether oxygens (including phenoxy) is 1. The maximum atomic E-state index is 12.1. The Morgan fingerprint density at radius 3 is 2.16 bits per heavy atom. The largest absolute Gasteiger partial charge is 0.497 e. The fourth-order valence-electron chi connectivity index (χ4n) is 1.82. The van der Waals surface area contributed by atoms with Gasteiger partial charge in [0.05, 0.1) is 12.6 Å². The predicted octanol–water partition coefficient (Wildman–Crippen LogP) is 2.36. The molecular formula is C14H23ClN2O2. The van der Waals surface area contributed by atoms with Crippen LogP contribution < -0.4 is 15.8 Å². The number of methoxy groups -OCH3 is 1. The van der Waals surface area contributed by atoms with E-state index in [1.807, 2.05) is 13.8 Å². The Balaban J connectivity index is 0.00000324. The van der Waals surface area contributed by atoms with Crippen molar-refractivity contribution in [3.8, 4) is 5.75 Å². The zero-order chi connectivity index (χ0) is 13.6. The molecule has 0 spiro atoms. The summed E-state index contributed by atoms with van der Waals surface area (Å²) in [6, 6.07) is 7.05. The second-order valence-corrected chi connectivity index (χ2v) is 4.37. The molecule has 0 aliphatic carbocycles. The third-order valence-electron chi connectivity index (χ3n) is 3.48. The van der Waals surface area contributed by atoms with E-state index >= 15 is 0 Å². The molecule has 108 valence electrons. The maximum Gasteiger partial charge on any atom is 0.251 e. The Labute approximate surface area is 121 Å². The fraction of sp³-hybridized carbons (Fsp3) is 0.500. The van der Waals surface area contributed by atoms with Crippen molar-refractivity contribution in [2.24, 2.45) is 5.73 Å². The first-order valence-corrected chi connectivity index (χ1v) is 6.27. The summed E-state index contributed by atoms with van der Waals surface area (Å²) in [4.78, 5) is 12.1. The second kappa shape index (κ2) is 8.02. The van der Waals surface area contributed by atoms with E-state index in [0.717, 1.165) is 18.6 Å². The van der Waals surface area contributed by atoms with Gasteiger partial charge in [-0.25, -0.2) is 0 Å². The number of hydrogen-bond acceptors (Lipinski definition) is 3. The van der Waals surface area contributed by atoms with Crippen LogP contribution in [0.25, 0.3) is 0 Å². The maximum absolute atomic E-state index is 12.1. The van der Waals surface area contributed by atoms with Gasteiger partial charge in [0.1, 0.15) is 5.75 Å². The SMILES string of the molecule is CCC(CC)(CN)NC(=O)c1ccc(OC)cc1.Cl. The van der Waals surface area contributed by atoms with Crippen LogP contribution in [0.1, 0.15) is 37.0 Å². The number of nitrogens with one attached hydrogen (secondary N) is 1. The van der Waals surface area contributed by atoms with Gasteiger partial charge >= 0.3 is 0 Å². The highest BCUT2D eigenvalue weighted by atomic mass is 35.5. The van der Waals surface area contributed by atoms with E-state index in [9.17, 15) is 4.79 Å². The van der Waals surface area contributed by atoms with E-state index < -0.39 is 0 Å². The van der Waals surface area contributed by atoms with Gasteiger partial charge in [0.25, 0.3) is 5.91 Å². The summed E-state index contributed by atoms with van der Waals surface area (Å²) < 4.78 is 5.06. The monoisotopic (exact) mass is 286 g/mol. The van der Waals surface area contributed by atoms with E-state index in [2.05, 4.69) is 5.32 Å². The standard InChI is InChI=1S/C14H22N2O2.ClH/c1-4-14(5-2,10-15)16-13(17)11-6-8-12(18-3)9-7-11;/h6-9H,4-5,10,15H2,1-3H3,(H,16,17);1H. The molecule has 0 fully saturated rings. The van der Waals surface area contributed by atoms with Crippen molar-refractivity contribution in [3.05, 3.63) is 29.8 Å². The zero-order valence-electron chi connectivity index (χ0n) is 11.7. The zero-order valence-corrected chi connectivity index (χ0v) is 12.5. The van der Waals surface area contributed by atoms with Gasteiger partial charge < -0.3 is 15.8 Å². The third-order valence-corrected chi connectivity index (χ3v) is 3.48. The van der Waals surface area contributed by atoms with E-state index in [-0.39, 0.29) is 23.9 Å². The Morgan fingerprint density at radius 1 is 1.26 bits per heavy atom. The molecule has 0 saturated carbocycles. The lowest BCUT2D eigenvalue weighted by Gasteiger charge is -2.31. The summed E-state index contributed by atoms with van der Waals surface area (Å²) in [6.07, 6.45) is 1.64. The van der Waals surface area contributed by atoms with Gasteiger partial charge in [0.2, 0.25) is 0 Å². The molecule has 0 bridgehead atoms. The molecule has 0 radical (unpaired) electrons. The third kappa shape index (κ3) is 4.40. The molecule has 1 aromatic rings. The molecule has 4 nitrogen and oxygen atoms in total. The van der Waals surface area contributed by atoms with Crippen molar-refractivity contribution in [1.29, 1.82) is 0 Å². The van der Waals surface area contributed by atoms with Crippen LogP contribution in [0.5, 0.6) is 5.75 Å². The summed E-state index contributed by atoms with van der Waals surface area (Å²) in [5, 5.41) is 3.03. The summed E-state index contributed by atoms with van der Waals surface area (Å²) in [5.41, 5.74) is 6.08. The van der Waals surface area contributed by atoms with Gasteiger partial charge in [0.15, 0.2) is 0 Å². The van der Waals surface area contributed by atoms with Gasteiger partial charge in [-0.15, -0.1) is 12.4 Å². The lowest BCUT2D eigenvalue weighted by Crippen LogP contribution is -2.52. The van der Waals surface area contributed by atoms with Crippen molar-refractivity contribution in [3.63, 3.8) is 0 Å².